The molecule has 0 spiro atoms. The summed E-state index contributed by atoms with van der Waals surface area (Å²) in [5, 5.41) is 0. The predicted molar refractivity (Wildman–Crippen MR) is 59.5 cm³/mol. The molecule has 0 unspecified atom stereocenters. The standard InChI is InChI=1S/C10H9BrN2O2/c1-15-10(14)5-9-12-7-3-2-6(11)4-8(7)13-9/h2-4H,5H2,1H3,(H,12,13). The van der Waals surface area contributed by atoms with E-state index >= 15 is 0 Å². The highest BCUT2D eigenvalue weighted by molar-refractivity contribution is 9.10. The summed E-state index contributed by atoms with van der Waals surface area (Å²) in [5.74, 6) is 0.322. The number of halogens is 1. The number of carbonyl (C=O) groups is 1. The Balaban J connectivity index is 2.34. The molecule has 0 saturated carbocycles. The number of aromatic nitrogens is 2. The monoisotopic (exact) mass is 268 g/mol. The van der Waals surface area contributed by atoms with Crippen LogP contribution in [0.5, 0.6) is 0 Å². The number of hydrogen-bond donors (Lipinski definition) is 1. The van der Waals surface area contributed by atoms with Gasteiger partial charge in [0, 0.05) is 4.47 Å². The van der Waals surface area contributed by atoms with Crippen LogP contribution < -0.4 is 0 Å². The third-order valence-electron chi connectivity index (χ3n) is 2.03. The Morgan fingerprint density at radius 2 is 2.40 bits per heavy atom. The van der Waals surface area contributed by atoms with E-state index in [0.717, 1.165) is 15.5 Å². The van der Waals surface area contributed by atoms with Gasteiger partial charge in [0.25, 0.3) is 0 Å². The average Bonchev–Trinajstić information content (AvgIpc) is 2.59. The minimum Gasteiger partial charge on any atom is -0.469 e. The molecule has 1 aromatic heterocycles. The molecule has 5 heteroatoms. The fourth-order valence-corrected chi connectivity index (χ4v) is 1.69. The smallest absolute Gasteiger partial charge is 0.313 e. The lowest BCUT2D eigenvalue weighted by Gasteiger charge is -1.93. The first-order valence-corrected chi connectivity index (χ1v) is 5.19. The molecular weight excluding hydrogens is 260 g/mol. The lowest BCUT2D eigenvalue weighted by atomic mass is 10.3. The number of carbonyl (C=O) groups excluding carboxylic acids is 1. The van der Waals surface area contributed by atoms with Crippen molar-refractivity contribution in [3.05, 3.63) is 28.5 Å². The van der Waals surface area contributed by atoms with Gasteiger partial charge in [-0.2, -0.15) is 0 Å². The zero-order chi connectivity index (χ0) is 10.8. The maximum atomic E-state index is 11.0. The average molecular weight is 269 g/mol. The van der Waals surface area contributed by atoms with Crippen LogP contribution in [-0.4, -0.2) is 23.0 Å². The van der Waals surface area contributed by atoms with E-state index in [4.69, 9.17) is 0 Å². The third-order valence-corrected chi connectivity index (χ3v) is 2.53. The SMILES string of the molecule is COC(=O)Cc1nc2ccc(Br)cc2[nH]1. The van der Waals surface area contributed by atoms with Gasteiger partial charge < -0.3 is 9.72 Å². The lowest BCUT2D eigenvalue weighted by molar-refractivity contribution is -0.139. The molecule has 1 heterocycles. The van der Waals surface area contributed by atoms with E-state index in [2.05, 4.69) is 30.6 Å². The number of fused-ring (bicyclic) bond motifs is 1. The van der Waals surface area contributed by atoms with Crippen LogP contribution in [-0.2, 0) is 16.0 Å². The number of aromatic amines is 1. The van der Waals surface area contributed by atoms with Crippen molar-refractivity contribution in [3.8, 4) is 0 Å². The van der Waals surface area contributed by atoms with Crippen LogP contribution in [0.25, 0.3) is 11.0 Å². The Kier molecular flexibility index (Phi) is 2.73. The number of imidazole rings is 1. The Labute approximate surface area is 94.8 Å². The van der Waals surface area contributed by atoms with Crippen LogP contribution in [0.4, 0.5) is 0 Å². The fourth-order valence-electron chi connectivity index (χ4n) is 1.33. The molecule has 78 valence electrons. The minimum absolute atomic E-state index is 0.169. The number of nitrogens with zero attached hydrogens (tertiary/aromatic N) is 1. The van der Waals surface area contributed by atoms with Crippen molar-refractivity contribution in [2.45, 2.75) is 6.42 Å². The van der Waals surface area contributed by atoms with Crippen molar-refractivity contribution in [1.29, 1.82) is 0 Å². The van der Waals surface area contributed by atoms with E-state index < -0.39 is 0 Å². The second-order valence-corrected chi connectivity index (χ2v) is 4.01. The molecule has 1 N–H and O–H groups in total. The van der Waals surface area contributed by atoms with Gasteiger partial charge in [0.1, 0.15) is 12.2 Å². The summed E-state index contributed by atoms with van der Waals surface area (Å²) >= 11 is 3.37. The fraction of sp³-hybridized carbons (Fsp3) is 0.200. The quantitative estimate of drug-likeness (QED) is 0.849. The van der Waals surface area contributed by atoms with Crippen LogP contribution in [0, 0.1) is 0 Å². The van der Waals surface area contributed by atoms with Gasteiger partial charge in [-0.15, -0.1) is 0 Å². The van der Waals surface area contributed by atoms with E-state index in [1.165, 1.54) is 7.11 Å². The van der Waals surface area contributed by atoms with Crippen molar-refractivity contribution in [1.82, 2.24) is 9.97 Å². The first-order valence-electron chi connectivity index (χ1n) is 4.40. The van der Waals surface area contributed by atoms with Gasteiger partial charge in [0.15, 0.2) is 0 Å². The van der Waals surface area contributed by atoms with E-state index in [-0.39, 0.29) is 12.4 Å². The zero-order valence-corrected chi connectivity index (χ0v) is 9.67. The molecule has 0 aliphatic carbocycles. The summed E-state index contributed by atoms with van der Waals surface area (Å²) < 4.78 is 5.54. The van der Waals surface area contributed by atoms with Gasteiger partial charge in [-0.3, -0.25) is 4.79 Å². The zero-order valence-electron chi connectivity index (χ0n) is 8.08. The number of ether oxygens (including phenoxy) is 1. The van der Waals surface area contributed by atoms with E-state index in [0.29, 0.717) is 5.82 Å². The molecule has 0 fully saturated rings. The molecule has 15 heavy (non-hydrogen) atoms. The minimum atomic E-state index is -0.298. The number of esters is 1. The molecule has 0 radical (unpaired) electrons. The van der Waals surface area contributed by atoms with E-state index in [9.17, 15) is 4.79 Å². The number of benzene rings is 1. The van der Waals surface area contributed by atoms with Crippen LogP contribution in [0.2, 0.25) is 0 Å². The number of methoxy groups -OCH3 is 1. The third kappa shape index (κ3) is 2.18. The molecule has 0 saturated heterocycles. The summed E-state index contributed by atoms with van der Waals surface area (Å²) in [7, 11) is 1.36. The largest absolute Gasteiger partial charge is 0.469 e. The van der Waals surface area contributed by atoms with Gasteiger partial charge in [-0.25, -0.2) is 4.98 Å². The summed E-state index contributed by atoms with van der Waals surface area (Å²) in [6.45, 7) is 0. The maximum Gasteiger partial charge on any atom is 0.313 e. The molecule has 0 amide bonds. The molecule has 0 atom stereocenters. The van der Waals surface area contributed by atoms with E-state index in [1.807, 2.05) is 18.2 Å². The molecule has 0 aliphatic heterocycles. The second-order valence-electron chi connectivity index (χ2n) is 3.10. The highest BCUT2D eigenvalue weighted by Gasteiger charge is 2.07. The van der Waals surface area contributed by atoms with Crippen molar-refractivity contribution in [2.24, 2.45) is 0 Å². The molecule has 0 aliphatic rings. The van der Waals surface area contributed by atoms with Crippen LogP contribution in [0.15, 0.2) is 22.7 Å². The summed E-state index contributed by atoms with van der Waals surface area (Å²) in [5.41, 5.74) is 1.75. The van der Waals surface area contributed by atoms with Gasteiger partial charge in [-0.1, -0.05) is 15.9 Å². The Morgan fingerprint density at radius 1 is 1.60 bits per heavy atom. The first kappa shape index (κ1) is 10.2. The molecular formula is C10H9BrN2O2. The highest BCUT2D eigenvalue weighted by atomic mass is 79.9. The van der Waals surface area contributed by atoms with Crippen molar-refractivity contribution >= 4 is 32.9 Å². The Morgan fingerprint density at radius 3 is 3.13 bits per heavy atom. The Bertz CT molecular complexity index is 507. The number of H-pyrrole nitrogens is 1. The molecule has 4 nitrogen and oxygen atoms in total. The molecule has 2 rings (SSSR count). The normalized spacial score (nSPS) is 10.5. The number of nitrogens with one attached hydrogen (secondary N) is 1. The first-order chi connectivity index (χ1) is 7.19. The molecule has 2 aromatic rings. The van der Waals surface area contributed by atoms with Gasteiger partial charge in [-0.05, 0) is 18.2 Å². The van der Waals surface area contributed by atoms with Gasteiger partial charge >= 0.3 is 5.97 Å². The number of hydrogen-bond acceptors (Lipinski definition) is 3. The predicted octanol–water partition coefficient (Wildman–Crippen LogP) is 2.04. The molecule has 1 aromatic carbocycles. The van der Waals surface area contributed by atoms with Crippen LogP contribution in [0.3, 0.4) is 0 Å². The summed E-state index contributed by atoms with van der Waals surface area (Å²) in [6.07, 6.45) is 0.169. The van der Waals surface area contributed by atoms with Crippen molar-refractivity contribution in [2.75, 3.05) is 7.11 Å². The molecule has 0 bridgehead atoms. The Hall–Kier alpha value is -1.36. The van der Waals surface area contributed by atoms with Crippen LogP contribution in [0.1, 0.15) is 5.82 Å². The van der Waals surface area contributed by atoms with Crippen LogP contribution >= 0.6 is 15.9 Å². The van der Waals surface area contributed by atoms with Gasteiger partial charge in [0.2, 0.25) is 0 Å². The lowest BCUT2D eigenvalue weighted by Crippen LogP contribution is -2.05. The van der Waals surface area contributed by atoms with E-state index in [1.54, 1.807) is 0 Å². The van der Waals surface area contributed by atoms with Crippen molar-refractivity contribution < 1.29 is 9.53 Å². The highest BCUT2D eigenvalue weighted by Crippen LogP contribution is 2.17. The maximum absolute atomic E-state index is 11.0. The topological polar surface area (TPSA) is 55.0 Å². The van der Waals surface area contributed by atoms with Crippen molar-refractivity contribution in [3.63, 3.8) is 0 Å². The summed E-state index contributed by atoms with van der Waals surface area (Å²) in [6, 6.07) is 5.71. The summed E-state index contributed by atoms with van der Waals surface area (Å²) in [4.78, 5) is 18.4. The van der Waals surface area contributed by atoms with Gasteiger partial charge in [0.05, 0.1) is 18.1 Å². The number of rotatable bonds is 2. The second kappa shape index (κ2) is 4.02.